The summed E-state index contributed by atoms with van der Waals surface area (Å²) < 4.78 is 38.4. The average molecular weight is 367 g/mol. The van der Waals surface area contributed by atoms with Crippen molar-refractivity contribution in [1.29, 1.82) is 0 Å². The number of nitrogens with one attached hydrogen (secondary N) is 1. The van der Waals surface area contributed by atoms with Gasteiger partial charge in [-0.1, -0.05) is 18.2 Å². The molecule has 8 heteroatoms. The van der Waals surface area contributed by atoms with Gasteiger partial charge in [0.2, 0.25) is 0 Å². The quantitative estimate of drug-likeness (QED) is 0.787. The Morgan fingerprint density at radius 1 is 1.08 bits per heavy atom. The molecule has 0 heterocycles. The maximum absolute atomic E-state index is 13.1. The van der Waals surface area contributed by atoms with E-state index in [0.717, 1.165) is 12.1 Å². The molecule has 2 N–H and O–H groups in total. The van der Waals surface area contributed by atoms with E-state index in [9.17, 15) is 27.7 Å². The first kappa shape index (κ1) is 18.7. The molecule has 132 valence electrons. The summed E-state index contributed by atoms with van der Waals surface area (Å²) in [6.45, 7) is 0. The third-order valence-electron chi connectivity index (χ3n) is 3.33. The summed E-state index contributed by atoms with van der Waals surface area (Å²) in [6.07, 6.45) is -0.0968. The molecule has 0 aromatic heterocycles. The number of carboxylic acids is 1. The first-order valence-electron chi connectivity index (χ1n) is 7.30. The summed E-state index contributed by atoms with van der Waals surface area (Å²) in [5.74, 6) is -4.12. The van der Waals surface area contributed by atoms with Gasteiger partial charge in [0.25, 0.3) is 5.91 Å². The van der Waals surface area contributed by atoms with Gasteiger partial charge in [0.15, 0.2) is 0 Å². The first-order chi connectivity index (χ1) is 11.9. The summed E-state index contributed by atoms with van der Waals surface area (Å²) in [6, 6.07) is 9.38. The largest absolute Gasteiger partial charge is 0.480 e. The molecule has 0 aliphatic heterocycles. The van der Waals surface area contributed by atoms with Crippen molar-refractivity contribution in [3.63, 3.8) is 0 Å². The van der Waals surface area contributed by atoms with E-state index < -0.39 is 40.4 Å². The molecule has 0 unspecified atom stereocenters. The van der Waals surface area contributed by atoms with Crippen LogP contribution in [0.1, 0.15) is 16.8 Å². The van der Waals surface area contributed by atoms with Crippen LogP contribution in [0.4, 0.5) is 8.78 Å². The minimum atomic E-state index is -1.42. The molecule has 25 heavy (non-hydrogen) atoms. The van der Waals surface area contributed by atoms with E-state index in [1.807, 2.05) is 0 Å². The summed E-state index contributed by atoms with van der Waals surface area (Å²) in [7, 11) is -1.42. The predicted octanol–water partition coefficient (Wildman–Crippen LogP) is 2.35. The van der Waals surface area contributed by atoms with Crippen molar-refractivity contribution in [1.82, 2.24) is 5.32 Å². The number of carbonyl (C=O) groups is 2. The number of hydrogen-bond donors (Lipinski definition) is 2. The number of carbonyl (C=O) groups excluding carboxylic acids is 1. The van der Waals surface area contributed by atoms with E-state index in [2.05, 4.69) is 5.32 Å². The smallest absolute Gasteiger partial charge is 0.326 e. The lowest BCUT2D eigenvalue weighted by Gasteiger charge is -2.14. The third kappa shape index (κ3) is 5.46. The summed E-state index contributed by atoms with van der Waals surface area (Å²) >= 11 is 0. The van der Waals surface area contributed by atoms with Crippen LogP contribution in [0.3, 0.4) is 0 Å². The maximum atomic E-state index is 13.1. The Labute approximate surface area is 145 Å². The standard InChI is InChI=1S/C17H15F2NO4S/c18-12-8-11(9-13(19)10-12)16(21)20-15(17(22)23)6-7-25(24)14-4-2-1-3-5-14/h1-5,8-10,15H,6-7H2,(H,20,21)(H,22,23)/t15-,25+/m1/s1. The van der Waals surface area contributed by atoms with Gasteiger partial charge in [0, 0.05) is 22.3 Å². The zero-order chi connectivity index (χ0) is 18.4. The van der Waals surface area contributed by atoms with Crippen LogP contribution < -0.4 is 5.32 Å². The molecule has 2 aromatic carbocycles. The van der Waals surface area contributed by atoms with Gasteiger partial charge in [-0.2, -0.15) is 0 Å². The molecule has 0 spiro atoms. The highest BCUT2D eigenvalue weighted by Crippen LogP contribution is 2.10. The van der Waals surface area contributed by atoms with Crippen molar-refractivity contribution in [2.45, 2.75) is 17.4 Å². The molecule has 2 aromatic rings. The molecule has 0 saturated carbocycles. The van der Waals surface area contributed by atoms with Crippen LogP contribution in [0.5, 0.6) is 0 Å². The molecule has 0 radical (unpaired) electrons. The number of amides is 1. The Bertz CT molecular complexity index is 778. The molecular weight excluding hydrogens is 352 g/mol. The van der Waals surface area contributed by atoms with Crippen LogP contribution in [0, 0.1) is 11.6 Å². The van der Waals surface area contributed by atoms with E-state index in [0.29, 0.717) is 11.0 Å². The van der Waals surface area contributed by atoms with Crippen molar-refractivity contribution >= 4 is 22.7 Å². The summed E-state index contributed by atoms with van der Waals surface area (Å²) in [5, 5.41) is 11.4. The Morgan fingerprint density at radius 2 is 1.68 bits per heavy atom. The second-order valence-corrected chi connectivity index (χ2v) is 6.74. The number of halogens is 2. The minimum Gasteiger partial charge on any atom is -0.480 e. The van der Waals surface area contributed by atoms with Crippen LogP contribution in [-0.2, 0) is 15.6 Å². The monoisotopic (exact) mass is 367 g/mol. The number of benzene rings is 2. The molecule has 1 amide bonds. The lowest BCUT2D eigenvalue weighted by Crippen LogP contribution is -2.41. The van der Waals surface area contributed by atoms with Crippen LogP contribution in [0.15, 0.2) is 53.4 Å². The lowest BCUT2D eigenvalue weighted by molar-refractivity contribution is -0.139. The molecular formula is C17H15F2NO4S. The van der Waals surface area contributed by atoms with Crippen LogP contribution in [0.25, 0.3) is 0 Å². The highest BCUT2D eigenvalue weighted by atomic mass is 32.2. The molecule has 0 fully saturated rings. The van der Waals surface area contributed by atoms with Gasteiger partial charge in [-0.25, -0.2) is 13.6 Å². The van der Waals surface area contributed by atoms with Gasteiger partial charge in [-0.05, 0) is 30.7 Å². The Balaban J connectivity index is 2.02. The SMILES string of the molecule is O=C(N[C@H](CC[S@](=O)c1ccccc1)C(=O)O)c1cc(F)cc(F)c1. The fraction of sp³-hybridized carbons (Fsp3) is 0.176. The lowest BCUT2D eigenvalue weighted by atomic mass is 10.1. The molecule has 2 atom stereocenters. The highest BCUT2D eigenvalue weighted by Gasteiger charge is 2.22. The molecule has 0 bridgehead atoms. The Kier molecular flexibility index (Phi) is 6.35. The molecule has 0 aliphatic rings. The van der Waals surface area contributed by atoms with Gasteiger partial charge in [-0.3, -0.25) is 9.00 Å². The van der Waals surface area contributed by atoms with E-state index >= 15 is 0 Å². The second kappa shape index (κ2) is 8.48. The van der Waals surface area contributed by atoms with Crippen molar-refractivity contribution in [3.8, 4) is 0 Å². The Hall–Kier alpha value is -2.61. The van der Waals surface area contributed by atoms with Gasteiger partial charge >= 0.3 is 5.97 Å². The number of hydrogen-bond acceptors (Lipinski definition) is 3. The van der Waals surface area contributed by atoms with Crippen molar-refractivity contribution in [3.05, 3.63) is 65.7 Å². The van der Waals surface area contributed by atoms with Gasteiger partial charge in [0.05, 0.1) is 10.8 Å². The normalized spacial score (nSPS) is 13.0. The van der Waals surface area contributed by atoms with Crippen molar-refractivity contribution in [2.24, 2.45) is 0 Å². The predicted molar refractivity (Wildman–Crippen MR) is 87.6 cm³/mol. The van der Waals surface area contributed by atoms with E-state index in [-0.39, 0.29) is 17.7 Å². The van der Waals surface area contributed by atoms with E-state index in [4.69, 9.17) is 0 Å². The molecule has 0 saturated heterocycles. The van der Waals surface area contributed by atoms with E-state index in [1.165, 1.54) is 0 Å². The Morgan fingerprint density at radius 3 is 2.24 bits per heavy atom. The molecule has 5 nitrogen and oxygen atoms in total. The van der Waals surface area contributed by atoms with Crippen molar-refractivity contribution in [2.75, 3.05) is 5.75 Å². The van der Waals surface area contributed by atoms with Gasteiger partial charge in [0.1, 0.15) is 17.7 Å². The number of rotatable bonds is 7. The fourth-order valence-corrected chi connectivity index (χ4v) is 3.25. The zero-order valence-corrected chi connectivity index (χ0v) is 13.8. The second-order valence-electron chi connectivity index (χ2n) is 5.17. The third-order valence-corrected chi connectivity index (χ3v) is 4.73. The molecule has 2 rings (SSSR count). The van der Waals surface area contributed by atoms with Crippen molar-refractivity contribution < 1.29 is 27.7 Å². The van der Waals surface area contributed by atoms with Crippen LogP contribution >= 0.6 is 0 Å². The van der Waals surface area contributed by atoms with Gasteiger partial charge < -0.3 is 10.4 Å². The summed E-state index contributed by atoms with van der Waals surface area (Å²) in [4.78, 5) is 23.8. The molecule has 0 aliphatic carbocycles. The number of aliphatic carboxylic acids is 1. The topological polar surface area (TPSA) is 83.5 Å². The zero-order valence-electron chi connectivity index (χ0n) is 12.9. The minimum absolute atomic E-state index is 0.0127. The first-order valence-corrected chi connectivity index (χ1v) is 8.62. The number of carboxylic acid groups (broad SMARTS) is 1. The average Bonchev–Trinajstić information content (AvgIpc) is 2.57. The van der Waals surface area contributed by atoms with Gasteiger partial charge in [-0.15, -0.1) is 0 Å². The van der Waals surface area contributed by atoms with E-state index in [1.54, 1.807) is 30.3 Å². The maximum Gasteiger partial charge on any atom is 0.326 e. The van der Waals surface area contributed by atoms with Crippen LogP contribution in [0.2, 0.25) is 0 Å². The van der Waals surface area contributed by atoms with Crippen LogP contribution in [-0.4, -0.2) is 33.0 Å². The fourth-order valence-electron chi connectivity index (χ4n) is 2.10. The summed E-state index contributed by atoms with van der Waals surface area (Å²) in [5.41, 5.74) is -0.326. The highest BCUT2D eigenvalue weighted by molar-refractivity contribution is 7.85.